The van der Waals surface area contributed by atoms with Crippen LogP contribution < -0.4 is 10.6 Å². The van der Waals surface area contributed by atoms with E-state index in [1.807, 2.05) is 17.0 Å². The lowest BCUT2D eigenvalue weighted by Gasteiger charge is -2.39. The molecule has 3 amide bonds. The number of pyridine rings is 1. The van der Waals surface area contributed by atoms with Gasteiger partial charge in [0.2, 0.25) is 0 Å². The smallest absolute Gasteiger partial charge is 0.317 e. The molecule has 3 aliphatic rings. The van der Waals surface area contributed by atoms with Gasteiger partial charge in [0.1, 0.15) is 5.71 Å². The first-order chi connectivity index (χ1) is 14.1. The predicted octanol–water partition coefficient (Wildman–Crippen LogP) is 2.35. The van der Waals surface area contributed by atoms with Crippen LogP contribution in [0.25, 0.3) is 0 Å². The quantitative estimate of drug-likeness (QED) is 0.812. The minimum Gasteiger partial charge on any atom is -0.386 e. The zero-order chi connectivity index (χ0) is 20.1. The van der Waals surface area contributed by atoms with Crippen LogP contribution in [0.15, 0.2) is 29.7 Å². The summed E-state index contributed by atoms with van der Waals surface area (Å²) in [6.07, 6.45) is 11.2. The lowest BCUT2D eigenvalue weighted by Crippen LogP contribution is -2.55. The summed E-state index contributed by atoms with van der Waals surface area (Å²) in [4.78, 5) is 36.7. The number of urea groups is 1. The molecule has 8 heteroatoms. The van der Waals surface area contributed by atoms with Crippen molar-refractivity contribution in [1.82, 2.24) is 20.5 Å². The first kappa shape index (κ1) is 19.7. The van der Waals surface area contributed by atoms with Crippen molar-refractivity contribution in [2.75, 3.05) is 13.1 Å². The summed E-state index contributed by atoms with van der Waals surface area (Å²) in [6.45, 7) is 1.60. The van der Waals surface area contributed by atoms with Crippen LogP contribution in [0, 0.1) is 0 Å². The molecule has 1 aromatic heterocycles. The number of carbonyl (C=O) groups excluding carboxylic acids is 2. The van der Waals surface area contributed by atoms with Gasteiger partial charge in [-0.2, -0.15) is 0 Å². The summed E-state index contributed by atoms with van der Waals surface area (Å²) in [7, 11) is 0. The van der Waals surface area contributed by atoms with Gasteiger partial charge in [0.05, 0.1) is 6.54 Å². The summed E-state index contributed by atoms with van der Waals surface area (Å²) >= 11 is 0. The van der Waals surface area contributed by atoms with Gasteiger partial charge in [-0.25, -0.2) is 4.79 Å². The number of amides is 3. The van der Waals surface area contributed by atoms with Gasteiger partial charge in [-0.15, -0.1) is 0 Å². The molecule has 0 radical (unpaired) electrons. The van der Waals surface area contributed by atoms with Gasteiger partial charge in [-0.1, -0.05) is 24.4 Å². The Morgan fingerprint density at radius 3 is 2.76 bits per heavy atom. The fraction of sp³-hybridized carbons (Fsp3) is 0.619. The maximum absolute atomic E-state index is 12.7. The summed E-state index contributed by atoms with van der Waals surface area (Å²) in [6, 6.07) is 3.98. The van der Waals surface area contributed by atoms with Crippen molar-refractivity contribution in [3.05, 3.63) is 30.1 Å². The second kappa shape index (κ2) is 8.80. The average Bonchev–Trinajstić information content (AvgIpc) is 3.16. The predicted molar refractivity (Wildman–Crippen MR) is 108 cm³/mol. The number of oxime groups is 1. The molecule has 3 heterocycles. The maximum Gasteiger partial charge on any atom is 0.317 e. The van der Waals surface area contributed by atoms with Gasteiger partial charge in [-0.3, -0.25) is 9.78 Å². The minimum atomic E-state index is -0.578. The van der Waals surface area contributed by atoms with Gasteiger partial charge in [-0.05, 0) is 43.4 Å². The van der Waals surface area contributed by atoms with Crippen LogP contribution in [0.1, 0.15) is 56.9 Å². The third-order valence-corrected chi connectivity index (χ3v) is 6.06. The summed E-state index contributed by atoms with van der Waals surface area (Å²) in [5.41, 5.74) is 0.797. The molecule has 8 nitrogen and oxygen atoms in total. The molecule has 2 fully saturated rings. The maximum atomic E-state index is 12.7. The van der Waals surface area contributed by atoms with E-state index in [1.54, 1.807) is 12.4 Å². The number of rotatable bonds is 4. The molecule has 1 saturated carbocycles. The van der Waals surface area contributed by atoms with Gasteiger partial charge in [0.25, 0.3) is 5.91 Å². The molecule has 0 aromatic carbocycles. The number of nitrogens with one attached hydrogen (secondary N) is 2. The number of carbonyl (C=O) groups is 2. The van der Waals surface area contributed by atoms with Crippen LogP contribution >= 0.6 is 0 Å². The Kier molecular flexibility index (Phi) is 5.97. The van der Waals surface area contributed by atoms with E-state index in [9.17, 15) is 9.59 Å². The van der Waals surface area contributed by atoms with Gasteiger partial charge in [0, 0.05) is 37.9 Å². The van der Waals surface area contributed by atoms with Crippen molar-refractivity contribution in [3.8, 4) is 0 Å². The summed E-state index contributed by atoms with van der Waals surface area (Å²) in [5, 5.41) is 10.1. The first-order valence-electron chi connectivity index (χ1n) is 10.6. The third-order valence-electron chi connectivity index (χ3n) is 6.06. The Bertz CT molecular complexity index is 763. The van der Waals surface area contributed by atoms with E-state index in [0.717, 1.165) is 31.2 Å². The van der Waals surface area contributed by atoms with Crippen molar-refractivity contribution >= 4 is 17.6 Å². The molecule has 1 atom stereocenters. The van der Waals surface area contributed by atoms with Crippen molar-refractivity contribution in [2.24, 2.45) is 5.16 Å². The number of hydrogen-bond donors (Lipinski definition) is 2. The zero-order valence-electron chi connectivity index (χ0n) is 16.7. The Morgan fingerprint density at radius 1 is 1.17 bits per heavy atom. The molecule has 156 valence electrons. The van der Waals surface area contributed by atoms with Gasteiger partial charge < -0.3 is 20.4 Å². The normalized spacial score (nSPS) is 24.7. The molecule has 1 aromatic rings. The van der Waals surface area contributed by atoms with E-state index in [1.165, 1.54) is 19.3 Å². The van der Waals surface area contributed by atoms with Crippen molar-refractivity contribution in [2.45, 2.75) is 69.6 Å². The van der Waals surface area contributed by atoms with E-state index >= 15 is 0 Å². The number of aromatic nitrogens is 1. The molecule has 1 saturated heterocycles. The Balaban J connectivity index is 1.29. The molecule has 2 aliphatic heterocycles. The summed E-state index contributed by atoms with van der Waals surface area (Å²) < 4.78 is 0. The van der Waals surface area contributed by atoms with Crippen LogP contribution in [0.4, 0.5) is 4.79 Å². The molecule has 1 spiro atoms. The highest BCUT2D eigenvalue weighted by molar-refractivity contribution is 6.39. The Morgan fingerprint density at radius 2 is 1.97 bits per heavy atom. The minimum absolute atomic E-state index is 0.0184. The third kappa shape index (κ3) is 4.86. The fourth-order valence-corrected chi connectivity index (χ4v) is 4.43. The van der Waals surface area contributed by atoms with Crippen molar-refractivity contribution in [1.29, 1.82) is 0 Å². The molecule has 4 rings (SSSR count). The number of likely N-dealkylation sites (tertiary alicyclic amines) is 1. The number of nitrogens with zero attached hydrogens (tertiary/aromatic N) is 3. The van der Waals surface area contributed by atoms with Crippen LogP contribution in [-0.2, 0) is 16.2 Å². The van der Waals surface area contributed by atoms with Crippen molar-refractivity contribution < 1.29 is 14.4 Å². The zero-order valence-corrected chi connectivity index (χ0v) is 16.7. The molecule has 0 unspecified atom stereocenters. The first-order valence-corrected chi connectivity index (χ1v) is 10.6. The van der Waals surface area contributed by atoms with Gasteiger partial charge in [0.15, 0.2) is 5.60 Å². The summed E-state index contributed by atoms with van der Waals surface area (Å²) in [5.74, 6) is -0.220. The van der Waals surface area contributed by atoms with E-state index in [-0.39, 0.29) is 18.0 Å². The lowest BCUT2D eigenvalue weighted by molar-refractivity contribution is -0.115. The number of hydrogen-bond acceptors (Lipinski definition) is 5. The van der Waals surface area contributed by atoms with E-state index < -0.39 is 5.60 Å². The highest BCUT2D eigenvalue weighted by Crippen LogP contribution is 2.33. The highest BCUT2D eigenvalue weighted by Gasteiger charge is 2.45. The van der Waals surface area contributed by atoms with Gasteiger partial charge >= 0.3 is 6.03 Å². The Labute approximate surface area is 171 Å². The van der Waals surface area contributed by atoms with Crippen LogP contribution in [-0.4, -0.2) is 52.3 Å². The Hall–Kier alpha value is -2.64. The van der Waals surface area contributed by atoms with Crippen LogP contribution in [0.2, 0.25) is 0 Å². The standard InChI is InChI=1S/C21H29N5O3/c27-19(23-14-16-7-10-22-11-8-16)18-13-21(29-25-18)9-4-12-26(15-21)20(28)24-17-5-2-1-3-6-17/h7-8,10-11,17H,1-6,9,12-15H2,(H,23,27)(H,24,28)/t21-/m1/s1. The molecule has 0 bridgehead atoms. The van der Waals surface area contributed by atoms with E-state index in [4.69, 9.17) is 4.84 Å². The molecule has 1 aliphatic carbocycles. The molecular weight excluding hydrogens is 370 g/mol. The van der Waals surface area contributed by atoms with Crippen LogP contribution in [0.5, 0.6) is 0 Å². The fourth-order valence-electron chi connectivity index (χ4n) is 4.43. The van der Waals surface area contributed by atoms with Crippen LogP contribution in [0.3, 0.4) is 0 Å². The topological polar surface area (TPSA) is 95.9 Å². The largest absolute Gasteiger partial charge is 0.386 e. The van der Waals surface area contributed by atoms with E-state index in [0.29, 0.717) is 31.8 Å². The molecule has 29 heavy (non-hydrogen) atoms. The molecular formula is C21H29N5O3. The monoisotopic (exact) mass is 399 g/mol. The van der Waals surface area contributed by atoms with Crippen molar-refractivity contribution in [3.63, 3.8) is 0 Å². The average molecular weight is 399 g/mol. The lowest BCUT2D eigenvalue weighted by atomic mass is 9.88. The van der Waals surface area contributed by atoms with E-state index in [2.05, 4.69) is 20.8 Å². The second-order valence-corrected chi connectivity index (χ2v) is 8.34. The molecule has 2 N–H and O–H groups in total. The SMILES string of the molecule is O=C(NCc1ccncc1)C1=NO[C@]2(CCCN(C(=O)NC3CCCCC3)C2)C1. The number of piperidine rings is 1. The highest BCUT2D eigenvalue weighted by atomic mass is 16.7. The second-order valence-electron chi connectivity index (χ2n) is 8.34.